The van der Waals surface area contributed by atoms with Crippen molar-refractivity contribution in [1.29, 1.82) is 5.26 Å². The summed E-state index contributed by atoms with van der Waals surface area (Å²) in [5.74, 6) is -0.421. The van der Waals surface area contributed by atoms with Crippen molar-refractivity contribution in [1.82, 2.24) is 4.90 Å². The molecule has 5 nitrogen and oxygen atoms in total. The van der Waals surface area contributed by atoms with Crippen molar-refractivity contribution in [3.05, 3.63) is 0 Å². The smallest absolute Gasteiger partial charge is 0.336 e. The maximum atomic E-state index is 10.9. The molecule has 12 heavy (non-hydrogen) atoms. The number of morpholine rings is 1. The highest BCUT2D eigenvalue weighted by molar-refractivity contribution is 5.74. The molecular weight excluding hydrogens is 160 g/mol. The third-order valence-electron chi connectivity index (χ3n) is 1.67. The Hall–Kier alpha value is -1.28. The van der Waals surface area contributed by atoms with E-state index in [2.05, 4.69) is 4.74 Å². The quantitative estimate of drug-likeness (QED) is 0.386. The fourth-order valence-electron chi connectivity index (χ4n) is 1.01. The van der Waals surface area contributed by atoms with Gasteiger partial charge in [0.2, 0.25) is 0 Å². The van der Waals surface area contributed by atoms with Crippen molar-refractivity contribution < 1.29 is 14.3 Å². The Balaban J connectivity index is 2.47. The molecule has 0 aromatic rings. The molecule has 1 heterocycles. The highest BCUT2D eigenvalue weighted by atomic mass is 16.6. The average molecular weight is 170 g/mol. The van der Waals surface area contributed by atoms with E-state index in [9.17, 15) is 4.79 Å². The predicted molar refractivity (Wildman–Crippen MR) is 38.9 cm³/mol. The van der Waals surface area contributed by atoms with Gasteiger partial charge in [-0.05, 0) is 0 Å². The molecule has 0 aromatic carbocycles. The molecule has 0 amide bonds. The van der Waals surface area contributed by atoms with Crippen LogP contribution in [0.1, 0.15) is 0 Å². The van der Waals surface area contributed by atoms with E-state index in [4.69, 9.17) is 10.00 Å². The largest absolute Gasteiger partial charge is 0.467 e. The lowest BCUT2D eigenvalue weighted by molar-refractivity contribution is -0.158. The molecule has 66 valence electrons. The molecule has 1 rings (SSSR count). The van der Waals surface area contributed by atoms with Crippen molar-refractivity contribution in [2.45, 2.75) is 6.10 Å². The van der Waals surface area contributed by atoms with Gasteiger partial charge >= 0.3 is 5.97 Å². The van der Waals surface area contributed by atoms with Gasteiger partial charge in [-0.1, -0.05) is 0 Å². The van der Waals surface area contributed by atoms with E-state index >= 15 is 0 Å². The van der Waals surface area contributed by atoms with Crippen LogP contribution in [0.2, 0.25) is 0 Å². The van der Waals surface area contributed by atoms with Crippen LogP contribution in [-0.4, -0.2) is 43.8 Å². The third-order valence-corrected chi connectivity index (χ3v) is 1.67. The van der Waals surface area contributed by atoms with Gasteiger partial charge in [0.1, 0.15) is 0 Å². The van der Waals surface area contributed by atoms with Crippen LogP contribution >= 0.6 is 0 Å². The molecular formula is C7H10N2O3. The molecule has 5 heteroatoms. The van der Waals surface area contributed by atoms with Crippen molar-refractivity contribution in [2.24, 2.45) is 0 Å². The Labute approximate surface area is 70.5 Å². The first-order chi connectivity index (χ1) is 5.77. The summed E-state index contributed by atoms with van der Waals surface area (Å²) in [4.78, 5) is 12.4. The molecule has 0 radical (unpaired) electrons. The minimum absolute atomic E-state index is 0.295. The SMILES string of the molecule is COC(=O)C1CN(C#N)CCO1. The van der Waals surface area contributed by atoms with E-state index in [0.29, 0.717) is 19.7 Å². The molecule has 1 aliphatic rings. The van der Waals surface area contributed by atoms with Crippen molar-refractivity contribution in [3.8, 4) is 6.19 Å². The van der Waals surface area contributed by atoms with Gasteiger partial charge in [0.25, 0.3) is 0 Å². The van der Waals surface area contributed by atoms with Gasteiger partial charge in [0.05, 0.1) is 26.8 Å². The van der Waals surface area contributed by atoms with E-state index in [1.165, 1.54) is 12.0 Å². The summed E-state index contributed by atoms with van der Waals surface area (Å²) in [6.07, 6.45) is 1.35. The first-order valence-electron chi connectivity index (χ1n) is 3.62. The van der Waals surface area contributed by atoms with Crippen molar-refractivity contribution in [2.75, 3.05) is 26.8 Å². The van der Waals surface area contributed by atoms with Crippen LogP contribution in [0.4, 0.5) is 0 Å². The summed E-state index contributed by atoms with van der Waals surface area (Å²) >= 11 is 0. The number of rotatable bonds is 1. The fraction of sp³-hybridized carbons (Fsp3) is 0.714. The van der Waals surface area contributed by atoms with Gasteiger partial charge in [0.15, 0.2) is 12.3 Å². The molecule has 0 bridgehead atoms. The minimum Gasteiger partial charge on any atom is -0.467 e. The normalized spacial score (nSPS) is 23.0. The Morgan fingerprint density at radius 3 is 3.17 bits per heavy atom. The third kappa shape index (κ3) is 1.86. The van der Waals surface area contributed by atoms with E-state index in [1.807, 2.05) is 6.19 Å². The Morgan fingerprint density at radius 2 is 2.58 bits per heavy atom. The standard InChI is InChI=1S/C7H10N2O3/c1-11-7(10)6-4-9(5-8)2-3-12-6/h6H,2-4H2,1H3. The van der Waals surface area contributed by atoms with Gasteiger partial charge in [-0.15, -0.1) is 0 Å². The molecule has 0 saturated carbocycles. The van der Waals surface area contributed by atoms with E-state index in [-0.39, 0.29) is 0 Å². The Morgan fingerprint density at radius 1 is 1.83 bits per heavy atom. The second kappa shape index (κ2) is 3.93. The van der Waals surface area contributed by atoms with Crippen LogP contribution < -0.4 is 0 Å². The van der Waals surface area contributed by atoms with Gasteiger partial charge in [-0.3, -0.25) is 0 Å². The maximum absolute atomic E-state index is 10.9. The summed E-state index contributed by atoms with van der Waals surface area (Å²) in [6, 6.07) is 0. The number of methoxy groups -OCH3 is 1. The lowest BCUT2D eigenvalue weighted by atomic mass is 10.3. The molecule has 0 spiro atoms. The first-order valence-corrected chi connectivity index (χ1v) is 3.62. The zero-order valence-electron chi connectivity index (χ0n) is 6.82. The fourth-order valence-corrected chi connectivity index (χ4v) is 1.01. The molecule has 1 fully saturated rings. The number of hydrogen-bond donors (Lipinski definition) is 0. The van der Waals surface area contributed by atoms with Crippen molar-refractivity contribution in [3.63, 3.8) is 0 Å². The van der Waals surface area contributed by atoms with Gasteiger partial charge in [0, 0.05) is 0 Å². The molecule has 1 aliphatic heterocycles. The number of hydrogen-bond acceptors (Lipinski definition) is 5. The molecule has 1 unspecified atom stereocenters. The van der Waals surface area contributed by atoms with E-state index < -0.39 is 12.1 Å². The number of carbonyl (C=O) groups excluding carboxylic acids is 1. The average Bonchev–Trinajstić information content (AvgIpc) is 2.17. The van der Waals surface area contributed by atoms with Crippen LogP contribution in [0.3, 0.4) is 0 Å². The lowest BCUT2D eigenvalue weighted by Crippen LogP contribution is -2.44. The van der Waals surface area contributed by atoms with Crippen LogP contribution in [-0.2, 0) is 14.3 Å². The number of carbonyl (C=O) groups is 1. The van der Waals surface area contributed by atoms with Gasteiger partial charge in [-0.25, -0.2) is 4.79 Å². The van der Waals surface area contributed by atoms with E-state index in [0.717, 1.165) is 0 Å². The van der Waals surface area contributed by atoms with Crippen molar-refractivity contribution >= 4 is 5.97 Å². The number of ether oxygens (including phenoxy) is 2. The predicted octanol–water partition coefficient (Wildman–Crippen LogP) is -0.659. The lowest BCUT2D eigenvalue weighted by Gasteiger charge is -2.26. The first kappa shape index (κ1) is 8.81. The summed E-state index contributed by atoms with van der Waals surface area (Å²) < 4.78 is 9.58. The maximum Gasteiger partial charge on any atom is 0.336 e. The molecule has 1 saturated heterocycles. The van der Waals surface area contributed by atoms with Crippen LogP contribution in [0.15, 0.2) is 0 Å². The second-order valence-electron chi connectivity index (χ2n) is 2.43. The minimum atomic E-state index is -0.608. The summed E-state index contributed by atoms with van der Waals surface area (Å²) in [7, 11) is 1.30. The van der Waals surface area contributed by atoms with E-state index in [1.54, 1.807) is 0 Å². The summed E-state index contributed by atoms with van der Waals surface area (Å²) in [6.45, 7) is 1.24. The van der Waals surface area contributed by atoms with Gasteiger partial charge < -0.3 is 14.4 Å². The molecule has 1 atom stereocenters. The topological polar surface area (TPSA) is 62.6 Å². The Kier molecular flexibility index (Phi) is 2.88. The summed E-state index contributed by atoms with van der Waals surface area (Å²) in [5, 5.41) is 8.53. The Bertz CT molecular complexity index is 211. The van der Waals surface area contributed by atoms with Crippen LogP contribution in [0.5, 0.6) is 0 Å². The summed E-state index contributed by atoms with van der Waals surface area (Å²) in [5.41, 5.74) is 0. The molecule has 0 aliphatic carbocycles. The van der Waals surface area contributed by atoms with Crippen LogP contribution in [0.25, 0.3) is 0 Å². The van der Waals surface area contributed by atoms with Crippen LogP contribution in [0, 0.1) is 11.5 Å². The zero-order valence-corrected chi connectivity index (χ0v) is 6.82. The van der Waals surface area contributed by atoms with Gasteiger partial charge in [-0.2, -0.15) is 5.26 Å². The highest BCUT2D eigenvalue weighted by Gasteiger charge is 2.26. The molecule has 0 aromatic heterocycles. The second-order valence-corrected chi connectivity index (χ2v) is 2.43. The number of nitriles is 1. The number of nitrogens with zero attached hydrogens (tertiary/aromatic N) is 2. The highest BCUT2D eigenvalue weighted by Crippen LogP contribution is 2.04. The zero-order chi connectivity index (χ0) is 8.97. The molecule has 0 N–H and O–H groups in total. The number of esters is 1. The monoisotopic (exact) mass is 170 g/mol.